The molecule has 5 heteroatoms. The fourth-order valence-corrected chi connectivity index (χ4v) is 1.97. The summed E-state index contributed by atoms with van der Waals surface area (Å²) < 4.78 is 23.7. The molecule has 16 heavy (non-hydrogen) atoms. The number of nitrogens with zero attached hydrogens (tertiary/aromatic N) is 1. The molecule has 3 atom stereocenters. The Balaban J connectivity index is 1.98. The molecule has 0 aromatic heterocycles. The van der Waals surface area contributed by atoms with E-state index in [9.17, 15) is 9.18 Å². The first-order valence-corrected chi connectivity index (χ1v) is 5.62. The number of amides is 1. The van der Waals surface area contributed by atoms with Gasteiger partial charge in [0.15, 0.2) is 0 Å². The van der Waals surface area contributed by atoms with Gasteiger partial charge in [0, 0.05) is 6.42 Å². The van der Waals surface area contributed by atoms with Crippen LogP contribution in [0, 0.1) is 0 Å². The molecule has 1 amide bonds. The van der Waals surface area contributed by atoms with Crippen molar-refractivity contribution in [3.63, 3.8) is 0 Å². The highest BCUT2D eigenvalue weighted by molar-refractivity contribution is 5.69. The molecule has 2 aliphatic heterocycles. The lowest BCUT2D eigenvalue weighted by atomic mass is 10.1. The van der Waals surface area contributed by atoms with Crippen molar-refractivity contribution in [1.82, 2.24) is 4.90 Å². The molecule has 2 fully saturated rings. The van der Waals surface area contributed by atoms with Crippen molar-refractivity contribution < 1.29 is 18.7 Å². The Morgan fingerprint density at radius 2 is 2.12 bits per heavy atom. The molecule has 2 aliphatic rings. The number of carbonyl (C=O) groups excluding carboxylic acids is 1. The summed E-state index contributed by atoms with van der Waals surface area (Å²) in [6.07, 6.45) is -1.02. The second-order valence-electron chi connectivity index (χ2n) is 5.40. The van der Waals surface area contributed by atoms with Crippen molar-refractivity contribution in [2.45, 2.75) is 51.1 Å². The van der Waals surface area contributed by atoms with Crippen LogP contribution < -0.4 is 0 Å². The average Bonchev–Trinajstić information content (AvgIpc) is 2.87. The zero-order valence-corrected chi connectivity index (χ0v) is 9.90. The predicted octanol–water partition coefficient (Wildman–Crippen LogP) is 1.73. The molecule has 0 bridgehead atoms. The Hall–Kier alpha value is -0.840. The van der Waals surface area contributed by atoms with E-state index in [0.717, 1.165) is 0 Å². The van der Waals surface area contributed by atoms with E-state index in [0.29, 0.717) is 13.0 Å². The van der Waals surface area contributed by atoms with Crippen LogP contribution in [0.5, 0.6) is 0 Å². The predicted molar refractivity (Wildman–Crippen MR) is 56.0 cm³/mol. The minimum absolute atomic E-state index is 0.00766. The molecule has 0 N–H and O–H groups in total. The third kappa shape index (κ3) is 2.64. The lowest BCUT2D eigenvalue weighted by molar-refractivity contribution is 0.0197. The Kier molecular flexibility index (Phi) is 2.82. The molecule has 4 nitrogen and oxygen atoms in total. The van der Waals surface area contributed by atoms with Gasteiger partial charge >= 0.3 is 6.09 Å². The third-order valence-corrected chi connectivity index (χ3v) is 2.71. The Labute approximate surface area is 94.7 Å². The first-order chi connectivity index (χ1) is 7.37. The van der Waals surface area contributed by atoms with Crippen LogP contribution in [-0.4, -0.2) is 48.1 Å². The second-order valence-corrected chi connectivity index (χ2v) is 5.40. The molecule has 0 spiro atoms. The average molecular weight is 231 g/mol. The fraction of sp³-hybridized carbons (Fsp3) is 0.909. The summed E-state index contributed by atoms with van der Waals surface area (Å²) in [4.78, 5) is 13.3. The number of hydrogen-bond acceptors (Lipinski definition) is 3. The maximum Gasteiger partial charge on any atom is 0.410 e. The van der Waals surface area contributed by atoms with Crippen molar-refractivity contribution in [1.29, 1.82) is 0 Å². The number of epoxide rings is 1. The monoisotopic (exact) mass is 231 g/mol. The number of ether oxygens (including phenoxy) is 2. The normalized spacial score (nSPS) is 34.0. The smallest absolute Gasteiger partial charge is 0.410 e. The van der Waals surface area contributed by atoms with E-state index in [4.69, 9.17) is 9.47 Å². The summed E-state index contributed by atoms with van der Waals surface area (Å²) in [6, 6.07) is -0.148. The van der Waals surface area contributed by atoms with Gasteiger partial charge in [0.25, 0.3) is 0 Å². The highest BCUT2D eigenvalue weighted by Crippen LogP contribution is 2.31. The van der Waals surface area contributed by atoms with Crippen LogP contribution in [0.1, 0.15) is 27.2 Å². The molecule has 92 valence electrons. The van der Waals surface area contributed by atoms with Crippen molar-refractivity contribution in [2.24, 2.45) is 0 Å². The Bertz CT molecular complexity index is 285. The summed E-state index contributed by atoms with van der Waals surface area (Å²) in [6.45, 7) is 6.15. The molecule has 0 aliphatic carbocycles. The van der Waals surface area contributed by atoms with E-state index in [1.807, 2.05) is 0 Å². The Morgan fingerprint density at radius 1 is 1.50 bits per heavy atom. The molecular weight excluding hydrogens is 213 g/mol. The number of hydrogen-bond donors (Lipinski definition) is 0. The number of carbonyl (C=O) groups is 1. The standard InChI is InChI=1S/C11H18FNO3/c1-11(2,3)16-10(14)13-5-7(12)4-8(13)9-6-15-9/h7-9H,4-6H2,1-3H3/t7-,8?,9-/m0/s1. The zero-order chi connectivity index (χ0) is 11.9. The van der Waals surface area contributed by atoms with Crippen LogP contribution in [0.25, 0.3) is 0 Å². The lowest BCUT2D eigenvalue weighted by Gasteiger charge is -2.27. The van der Waals surface area contributed by atoms with E-state index in [1.54, 1.807) is 20.8 Å². The van der Waals surface area contributed by atoms with Crippen LogP contribution in [0.2, 0.25) is 0 Å². The van der Waals surface area contributed by atoms with Gasteiger partial charge in [-0.3, -0.25) is 4.90 Å². The first-order valence-electron chi connectivity index (χ1n) is 5.62. The van der Waals surface area contributed by atoms with Crippen molar-refractivity contribution >= 4 is 6.09 Å². The topological polar surface area (TPSA) is 42.1 Å². The SMILES string of the molecule is CC(C)(C)OC(=O)N1C[C@@H](F)CC1[C@@H]1CO1. The van der Waals surface area contributed by atoms with Gasteiger partial charge in [-0.25, -0.2) is 9.18 Å². The van der Waals surface area contributed by atoms with Gasteiger partial charge in [-0.1, -0.05) is 0 Å². The number of rotatable bonds is 1. The number of halogens is 1. The highest BCUT2D eigenvalue weighted by Gasteiger charge is 2.46. The van der Waals surface area contributed by atoms with Crippen LogP contribution in [0.15, 0.2) is 0 Å². The van der Waals surface area contributed by atoms with Gasteiger partial charge < -0.3 is 9.47 Å². The van der Waals surface area contributed by atoms with E-state index in [-0.39, 0.29) is 18.7 Å². The van der Waals surface area contributed by atoms with Crippen LogP contribution >= 0.6 is 0 Å². The molecule has 2 saturated heterocycles. The Morgan fingerprint density at radius 3 is 2.62 bits per heavy atom. The quantitative estimate of drug-likeness (QED) is 0.645. The summed E-state index contributed by atoms with van der Waals surface area (Å²) in [5.41, 5.74) is -0.541. The molecular formula is C11H18FNO3. The summed E-state index contributed by atoms with van der Waals surface area (Å²) >= 11 is 0. The highest BCUT2D eigenvalue weighted by atomic mass is 19.1. The summed E-state index contributed by atoms with van der Waals surface area (Å²) in [5.74, 6) is 0. The van der Waals surface area contributed by atoms with Crippen LogP contribution in [-0.2, 0) is 9.47 Å². The van der Waals surface area contributed by atoms with E-state index >= 15 is 0 Å². The maximum atomic E-state index is 13.3. The third-order valence-electron chi connectivity index (χ3n) is 2.71. The van der Waals surface area contributed by atoms with Gasteiger partial charge in [-0.05, 0) is 20.8 Å². The summed E-state index contributed by atoms with van der Waals surface area (Å²) in [5, 5.41) is 0. The molecule has 2 rings (SSSR count). The van der Waals surface area contributed by atoms with E-state index in [2.05, 4.69) is 0 Å². The molecule has 0 saturated carbocycles. The van der Waals surface area contributed by atoms with Crippen LogP contribution in [0.4, 0.5) is 9.18 Å². The maximum absolute atomic E-state index is 13.3. The molecule has 1 unspecified atom stereocenters. The van der Waals surface area contributed by atoms with Crippen molar-refractivity contribution in [3.05, 3.63) is 0 Å². The van der Waals surface area contributed by atoms with Crippen molar-refractivity contribution in [2.75, 3.05) is 13.2 Å². The van der Waals surface area contributed by atoms with Crippen LogP contribution in [0.3, 0.4) is 0 Å². The van der Waals surface area contributed by atoms with Gasteiger partial charge in [0.05, 0.1) is 19.2 Å². The lowest BCUT2D eigenvalue weighted by Crippen LogP contribution is -2.42. The van der Waals surface area contributed by atoms with E-state index < -0.39 is 17.9 Å². The minimum atomic E-state index is -0.957. The molecule has 0 aromatic rings. The van der Waals surface area contributed by atoms with Gasteiger partial charge in [0.2, 0.25) is 0 Å². The molecule has 0 aromatic carbocycles. The largest absolute Gasteiger partial charge is 0.444 e. The molecule has 2 heterocycles. The van der Waals surface area contributed by atoms with Gasteiger partial charge in [0.1, 0.15) is 17.9 Å². The summed E-state index contributed by atoms with van der Waals surface area (Å²) in [7, 11) is 0. The van der Waals surface area contributed by atoms with Gasteiger partial charge in [-0.15, -0.1) is 0 Å². The fourth-order valence-electron chi connectivity index (χ4n) is 1.97. The number of likely N-dealkylation sites (tertiary alicyclic amines) is 1. The zero-order valence-electron chi connectivity index (χ0n) is 9.90. The van der Waals surface area contributed by atoms with Gasteiger partial charge in [-0.2, -0.15) is 0 Å². The number of alkyl halides is 1. The minimum Gasteiger partial charge on any atom is -0.444 e. The van der Waals surface area contributed by atoms with Crippen molar-refractivity contribution in [3.8, 4) is 0 Å². The first kappa shape index (κ1) is 11.6. The molecule has 0 radical (unpaired) electrons. The van der Waals surface area contributed by atoms with E-state index in [1.165, 1.54) is 4.90 Å². The second kappa shape index (κ2) is 3.87.